The predicted molar refractivity (Wildman–Crippen MR) is 131 cm³/mol. The number of hydrogen-bond acceptors (Lipinski definition) is 5. The van der Waals surface area contributed by atoms with E-state index in [4.69, 9.17) is 9.47 Å². The fourth-order valence-electron chi connectivity index (χ4n) is 4.87. The molecule has 6 nitrogen and oxygen atoms in total. The van der Waals surface area contributed by atoms with Crippen molar-refractivity contribution >= 4 is 11.6 Å². The molecule has 2 fully saturated rings. The van der Waals surface area contributed by atoms with Crippen molar-refractivity contribution in [3.05, 3.63) is 59.7 Å². The number of ether oxygens (including phenoxy) is 2. The van der Waals surface area contributed by atoms with E-state index in [1.54, 1.807) is 7.11 Å². The summed E-state index contributed by atoms with van der Waals surface area (Å²) < 4.78 is 11.7. The summed E-state index contributed by atoms with van der Waals surface area (Å²) in [6.07, 6.45) is 3.82. The zero-order valence-electron chi connectivity index (χ0n) is 20.0. The molecule has 2 aromatic carbocycles. The Morgan fingerprint density at radius 3 is 2.61 bits per heavy atom. The Balaban J connectivity index is 1.29. The van der Waals surface area contributed by atoms with Gasteiger partial charge in [-0.3, -0.25) is 14.6 Å². The molecule has 0 aromatic heterocycles. The second-order valence-electron chi connectivity index (χ2n) is 9.15. The first-order chi connectivity index (χ1) is 16.1. The van der Waals surface area contributed by atoms with Crippen molar-refractivity contribution in [3.8, 4) is 5.75 Å². The van der Waals surface area contributed by atoms with Crippen LogP contribution in [0.1, 0.15) is 37.3 Å². The van der Waals surface area contributed by atoms with E-state index in [2.05, 4.69) is 57.6 Å². The van der Waals surface area contributed by atoms with Gasteiger partial charge in [-0.1, -0.05) is 43.3 Å². The zero-order chi connectivity index (χ0) is 23.0. The number of rotatable bonds is 8. The molecule has 2 heterocycles. The van der Waals surface area contributed by atoms with Gasteiger partial charge in [0.2, 0.25) is 5.91 Å². The number of anilines is 1. The van der Waals surface area contributed by atoms with E-state index < -0.39 is 0 Å². The monoisotopic (exact) mass is 451 g/mol. The highest BCUT2D eigenvalue weighted by molar-refractivity contribution is 5.92. The van der Waals surface area contributed by atoms with Gasteiger partial charge in [-0.2, -0.15) is 0 Å². The molecule has 0 aliphatic carbocycles. The van der Waals surface area contributed by atoms with Gasteiger partial charge in [0.05, 0.1) is 12.8 Å². The lowest BCUT2D eigenvalue weighted by atomic mass is 9.90. The maximum absolute atomic E-state index is 11.8. The molecule has 33 heavy (non-hydrogen) atoms. The van der Waals surface area contributed by atoms with Crippen LogP contribution in [0.4, 0.5) is 5.69 Å². The molecule has 4 rings (SSSR count). The first-order valence-electron chi connectivity index (χ1n) is 12.2. The number of methoxy groups -OCH3 is 1. The summed E-state index contributed by atoms with van der Waals surface area (Å²) in [4.78, 5) is 16.8. The quantitative estimate of drug-likeness (QED) is 0.653. The molecule has 2 aromatic rings. The maximum Gasteiger partial charge on any atom is 0.224 e. The van der Waals surface area contributed by atoms with Crippen LogP contribution in [0, 0.1) is 5.92 Å². The Hall–Kier alpha value is -2.41. The Labute approximate surface area is 197 Å². The van der Waals surface area contributed by atoms with Crippen LogP contribution < -0.4 is 10.1 Å². The highest BCUT2D eigenvalue weighted by Gasteiger charge is 2.30. The summed E-state index contributed by atoms with van der Waals surface area (Å²) in [5, 5.41) is 2.92. The summed E-state index contributed by atoms with van der Waals surface area (Å²) in [5.74, 6) is 1.32. The molecular formula is C27H37N3O3. The largest absolute Gasteiger partial charge is 0.495 e. The van der Waals surface area contributed by atoms with Crippen LogP contribution in [0.15, 0.2) is 48.5 Å². The van der Waals surface area contributed by atoms with Gasteiger partial charge in [-0.25, -0.2) is 0 Å². The molecule has 1 N–H and O–H groups in total. The molecule has 0 saturated carbocycles. The predicted octanol–water partition coefficient (Wildman–Crippen LogP) is 4.16. The number of amides is 1. The molecule has 2 saturated heterocycles. The minimum Gasteiger partial charge on any atom is -0.495 e. The third kappa shape index (κ3) is 6.56. The van der Waals surface area contributed by atoms with Gasteiger partial charge < -0.3 is 14.8 Å². The van der Waals surface area contributed by atoms with Crippen molar-refractivity contribution < 1.29 is 14.3 Å². The van der Waals surface area contributed by atoms with E-state index in [0.717, 1.165) is 70.0 Å². The first-order valence-corrected chi connectivity index (χ1v) is 12.2. The number of benzene rings is 2. The van der Waals surface area contributed by atoms with Gasteiger partial charge in [0, 0.05) is 45.8 Å². The van der Waals surface area contributed by atoms with Crippen molar-refractivity contribution in [2.75, 3.05) is 45.2 Å². The lowest BCUT2D eigenvalue weighted by Crippen LogP contribution is -2.52. The van der Waals surface area contributed by atoms with E-state index >= 15 is 0 Å². The van der Waals surface area contributed by atoms with E-state index in [9.17, 15) is 4.79 Å². The topological polar surface area (TPSA) is 54.0 Å². The third-order valence-corrected chi connectivity index (χ3v) is 6.82. The van der Waals surface area contributed by atoms with Gasteiger partial charge in [-0.05, 0) is 48.4 Å². The molecule has 2 aliphatic heterocycles. The first kappa shape index (κ1) is 23.7. The second-order valence-corrected chi connectivity index (χ2v) is 9.15. The van der Waals surface area contributed by atoms with Crippen molar-refractivity contribution in [1.82, 2.24) is 9.80 Å². The minimum absolute atomic E-state index is 0.00260. The highest BCUT2D eigenvalue weighted by atomic mass is 16.5. The van der Waals surface area contributed by atoms with Crippen LogP contribution in [0.2, 0.25) is 0 Å². The maximum atomic E-state index is 11.8. The van der Waals surface area contributed by atoms with Gasteiger partial charge in [0.15, 0.2) is 0 Å². The van der Waals surface area contributed by atoms with E-state index in [1.165, 1.54) is 11.1 Å². The fraction of sp³-hybridized carbons (Fsp3) is 0.519. The summed E-state index contributed by atoms with van der Waals surface area (Å²) in [7, 11) is 1.66. The van der Waals surface area contributed by atoms with Crippen molar-refractivity contribution in [2.45, 2.75) is 45.4 Å². The van der Waals surface area contributed by atoms with Crippen molar-refractivity contribution in [2.24, 2.45) is 5.92 Å². The molecule has 2 unspecified atom stereocenters. The summed E-state index contributed by atoms with van der Waals surface area (Å²) >= 11 is 0. The van der Waals surface area contributed by atoms with Crippen molar-refractivity contribution in [3.63, 3.8) is 0 Å². The lowest BCUT2D eigenvalue weighted by Gasteiger charge is -2.42. The molecule has 0 bridgehead atoms. The standard InChI is InChI=1S/C27H37N3O3/c1-3-26(31)28-24-10-9-22(18-25(24)32-2)17-23-11-16-33-27(19-23)30-14-12-29(13-15-30)20-21-7-5-4-6-8-21/h4-10,18,23,27H,3,11-17,19-20H2,1-2H3,(H,28,31). The summed E-state index contributed by atoms with van der Waals surface area (Å²) in [6.45, 7) is 7.98. The molecule has 1 amide bonds. The number of hydrogen-bond donors (Lipinski definition) is 1. The third-order valence-electron chi connectivity index (χ3n) is 6.82. The van der Waals surface area contributed by atoms with E-state index in [0.29, 0.717) is 12.3 Å². The number of nitrogens with zero attached hydrogens (tertiary/aromatic N) is 2. The Kier molecular flexibility index (Phi) is 8.37. The van der Waals surface area contributed by atoms with Crippen LogP contribution >= 0.6 is 0 Å². The van der Waals surface area contributed by atoms with Crippen LogP contribution in [0.3, 0.4) is 0 Å². The normalized spacial score (nSPS) is 22.1. The molecule has 2 aliphatic rings. The molecule has 0 radical (unpaired) electrons. The number of carbonyl (C=O) groups excluding carboxylic acids is 1. The second kappa shape index (κ2) is 11.6. The van der Waals surface area contributed by atoms with Crippen molar-refractivity contribution in [1.29, 1.82) is 0 Å². The van der Waals surface area contributed by atoms with Gasteiger partial charge in [0.25, 0.3) is 0 Å². The average Bonchev–Trinajstić information content (AvgIpc) is 2.86. The molecule has 178 valence electrons. The molecule has 2 atom stereocenters. The Morgan fingerprint density at radius 1 is 1.09 bits per heavy atom. The van der Waals surface area contributed by atoms with E-state index in [1.807, 2.05) is 13.0 Å². The van der Waals surface area contributed by atoms with Crippen LogP contribution in [-0.2, 0) is 22.5 Å². The minimum atomic E-state index is -0.00260. The average molecular weight is 452 g/mol. The van der Waals surface area contributed by atoms with Crippen LogP contribution in [-0.4, -0.2) is 61.8 Å². The van der Waals surface area contributed by atoms with Gasteiger partial charge >= 0.3 is 0 Å². The molecule has 6 heteroatoms. The van der Waals surface area contributed by atoms with Crippen LogP contribution in [0.25, 0.3) is 0 Å². The Morgan fingerprint density at radius 2 is 1.88 bits per heavy atom. The molecular weight excluding hydrogens is 414 g/mol. The lowest BCUT2D eigenvalue weighted by molar-refractivity contribution is -0.116. The summed E-state index contributed by atoms with van der Waals surface area (Å²) in [6, 6.07) is 16.9. The number of piperazine rings is 1. The SMILES string of the molecule is CCC(=O)Nc1ccc(CC2CCOC(N3CCN(Cc4ccccc4)CC3)C2)cc1OC. The fourth-order valence-corrected chi connectivity index (χ4v) is 4.87. The van der Waals surface area contributed by atoms with Crippen LogP contribution in [0.5, 0.6) is 5.75 Å². The van der Waals surface area contributed by atoms with Gasteiger partial charge in [0.1, 0.15) is 12.0 Å². The van der Waals surface area contributed by atoms with Gasteiger partial charge in [-0.15, -0.1) is 0 Å². The summed E-state index contributed by atoms with van der Waals surface area (Å²) in [5.41, 5.74) is 3.38. The highest BCUT2D eigenvalue weighted by Crippen LogP contribution is 2.31. The molecule has 0 spiro atoms. The number of nitrogens with one attached hydrogen (secondary N) is 1. The smallest absolute Gasteiger partial charge is 0.224 e. The Bertz CT molecular complexity index is 897. The number of carbonyl (C=O) groups is 1. The van der Waals surface area contributed by atoms with E-state index in [-0.39, 0.29) is 12.1 Å². The zero-order valence-corrected chi connectivity index (χ0v) is 20.0.